The maximum Gasteiger partial charge on any atom is 0.272 e. The molecule has 1 aromatic carbocycles. The number of nitrogens with zero attached hydrogens (tertiary/aromatic N) is 3. The van der Waals surface area contributed by atoms with Gasteiger partial charge in [-0.15, -0.1) is 10.2 Å². The van der Waals surface area contributed by atoms with E-state index in [1.807, 2.05) is 36.4 Å². The molecule has 0 spiro atoms. The third kappa shape index (κ3) is 3.15. The van der Waals surface area contributed by atoms with Crippen LogP contribution >= 0.6 is 0 Å². The summed E-state index contributed by atoms with van der Waals surface area (Å²) >= 11 is 0. The fourth-order valence-electron chi connectivity index (χ4n) is 2.58. The highest BCUT2D eigenvalue weighted by Gasteiger charge is 2.32. The first-order valence-electron chi connectivity index (χ1n) is 6.76. The topological polar surface area (TPSA) is 85.1 Å². The summed E-state index contributed by atoms with van der Waals surface area (Å²) in [6.45, 7) is 0.547. The quantitative estimate of drug-likeness (QED) is 0.869. The first-order chi connectivity index (χ1) is 10.5. The van der Waals surface area contributed by atoms with Gasteiger partial charge in [0, 0.05) is 12.5 Å². The zero-order chi connectivity index (χ0) is 15.6. The minimum Gasteiger partial charge on any atom is -0.316 e. The normalized spacial score (nSPS) is 21.6. The van der Waals surface area contributed by atoms with E-state index in [9.17, 15) is 13.0 Å². The molecule has 6 nitrogen and oxygen atoms in total. The van der Waals surface area contributed by atoms with Crippen LogP contribution in [-0.4, -0.2) is 33.0 Å². The van der Waals surface area contributed by atoms with Gasteiger partial charge in [-0.2, -0.15) is 8.42 Å². The predicted molar refractivity (Wildman–Crippen MR) is 81.8 cm³/mol. The van der Waals surface area contributed by atoms with Crippen LogP contribution in [0.5, 0.6) is 0 Å². The molecule has 0 saturated carbocycles. The standard InChI is InChI=1S/C15H15N3O3S/c19-22(20,21)15-7-6-12(9-18-10-16-17-11-18)8-14(15)13-4-2-1-3-5-13/h1-8,10-11,14-15H,9H2,(H,19,20,21). The summed E-state index contributed by atoms with van der Waals surface area (Å²) in [5.41, 5.74) is 1.78. The third-order valence-electron chi connectivity index (χ3n) is 3.61. The second kappa shape index (κ2) is 5.86. The van der Waals surface area contributed by atoms with Crippen LogP contribution in [0, 0.1) is 0 Å². The average molecular weight is 317 g/mol. The Balaban J connectivity index is 1.95. The highest BCUT2D eigenvalue weighted by atomic mass is 32.2. The van der Waals surface area contributed by atoms with Gasteiger partial charge in [0.1, 0.15) is 17.9 Å². The Labute approximate surface area is 128 Å². The molecule has 2 unspecified atom stereocenters. The summed E-state index contributed by atoms with van der Waals surface area (Å²) in [5.74, 6) is -0.423. The van der Waals surface area contributed by atoms with Gasteiger partial charge < -0.3 is 4.57 Å². The fourth-order valence-corrected chi connectivity index (χ4v) is 3.47. The van der Waals surface area contributed by atoms with Gasteiger partial charge in [-0.1, -0.05) is 48.6 Å². The lowest BCUT2D eigenvalue weighted by Crippen LogP contribution is -2.27. The molecular formula is C15H15N3O3S. The lowest BCUT2D eigenvalue weighted by Gasteiger charge is -2.24. The Morgan fingerprint density at radius 3 is 2.45 bits per heavy atom. The fraction of sp³-hybridized carbons (Fsp3) is 0.200. The van der Waals surface area contributed by atoms with Crippen molar-refractivity contribution in [3.63, 3.8) is 0 Å². The van der Waals surface area contributed by atoms with Crippen LogP contribution in [0.2, 0.25) is 0 Å². The van der Waals surface area contributed by atoms with Crippen molar-refractivity contribution in [2.24, 2.45) is 0 Å². The van der Waals surface area contributed by atoms with Crippen LogP contribution in [0.15, 0.2) is 66.8 Å². The molecule has 0 saturated heterocycles. The van der Waals surface area contributed by atoms with Crippen LogP contribution in [0.25, 0.3) is 0 Å². The molecule has 22 heavy (non-hydrogen) atoms. The molecule has 0 aliphatic heterocycles. The maximum absolute atomic E-state index is 11.6. The lowest BCUT2D eigenvalue weighted by molar-refractivity contribution is 0.470. The highest BCUT2D eigenvalue weighted by Crippen LogP contribution is 2.32. The Morgan fingerprint density at radius 2 is 1.82 bits per heavy atom. The van der Waals surface area contributed by atoms with Crippen molar-refractivity contribution in [2.75, 3.05) is 0 Å². The molecule has 7 heteroatoms. The van der Waals surface area contributed by atoms with Gasteiger partial charge in [-0.05, 0) is 11.1 Å². The lowest BCUT2D eigenvalue weighted by atomic mass is 9.89. The smallest absolute Gasteiger partial charge is 0.272 e. The second-order valence-electron chi connectivity index (χ2n) is 5.15. The minimum absolute atomic E-state index is 0.423. The van der Waals surface area contributed by atoms with E-state index >= 15 is 0 Å². The number of rotatable bonds is 4. The van der Waals surface area contributed by atoms with Gasteiger partial charge in [0.2, 0.25) is 0 Å². The van der Waals surface area contributed by atoms with Crippen molar-refractivity contribution in [3.05, 3.63) is 72.4 Å². The molecule has 0 fully saturated rings. The number of hydrogen-bond acceptors (Lipinski definition) is 4. The molecule has 0 radical (unpaired) electrons. The van der Waals surface area contributed by atoms with Gasteiger partial charge >= 0.3 is 0 Å². The molecule has 2 aromatic rings. The van der Waals surface area contributed by atoms with E-state index in [2.05, 4.69) is 10.2 Å². The van der Waals surface area contributed by atoms with Crippen molar-refractivity contribution >= 4 is 10.1 Å². The van der Waals surface area contributed by atoms with Gasteiger partial charge in [0.25, 0.3) is 10.1 Å². The zero-order valence-corrected chi connectivity index (χ0v) is 12.5. The molecule has 1 aliphatic carbocycles. The number of hydrogen-bond donors (Lipinski definition) is 1. The summed E-state index contributed by atoms with van der Waals surface area (Å²) in [5, 5.41) is 6.52. The van der Waals surface area contributed by atoms with E-state index in [1.54, 1.807) is 23.3 Å². The summed E-state index contributed by atoms with van der Waals surface area (Å²) in [4.78, 5) is 0. The summed E-state index contributed by atoms with van der Waals surface area (Å²) in [7, 11) is -4.17. The summed E-state index contributed by atoms with van der Waals surface area (Å²) < 4.78 is 34.6. The molecule has 114 valence electrons. The van der Waals surface area contributed by atoms with E-state index in [4.69, 9.17) is 0 Å². The molecule has 0 bridgehead atoms. The van der Waals surface area contributed by atoms with E-state index in [0.29, 0.717) is 6.54 Å². The second-order valence-corrected chi connectivity index (χ2v) is 6.73. The predicted octanol–water partition coefficient (Wildman–Crippen LogP) is 1.81. The molecule has 1 N–H and O–H groups in total. The van der Waals surface area contributed by atoms with Gasteiger partial charge in [0.05, 0.1) is 0 Å². The van der Waals surface area contributed by atoms with Crippen molar-refractivity contribution in [3.8, 4) is 0 Å². The molecule has 0 amide bonds. The Kier molecular flexibility index (Phi) is 3.91. The van der Waals surface area contributed by atoms with Crippen molar-refractivity contribution < 1.29 is 13.0 Å². The first-order valence-corrected chi connectivity index (χ1v) is 8.27. The summed E-state index contributed by atoms with van der Waals surface area (Å²) in [6.07, 6.45) is 8.32. The number of allylic oxidation sites excluding steroid dienone is 3. The van der Waals surface area contributed by atoms with Crippen molar-refractivity contribution in [1.82, 2.24) is 14.8 Å². The zero-order valence-electron chi connectivity index (χ0n) is 11.6. The van der Waals surface area contributed by atoms with Gasteiger partial charge in [-0.25, -0.2) is 0 Å². The first kappa shape index (κ1) is 14.7. The SMILES string of the molecule is O=S(=O)(O)C1C=CC(Cn2cnnc2)=CC1c1ccccc1. The van der Waals surface area contributed by atoms with Crippen LogP contribution in [0.1, 0.15) is 11.5 Å². The summed E-state index contributed by atoms with van der Waals surface area (Å²) in [6, 6.07) is 9.28. The van der Waals surface area contributed by atoms with E-state index in [0.717, 1.165) is 11.1 Å². The molecule has 1 aromatic heterocycles. The molecular weight excluding hydrogens is 302 g/mol. The molecule has 2 atom stereocenters. The van der Waals surface area contributed by atoms with E-state index < -0.39 is 21.3 Å². The number of benzene rings is 1. The Morgan fingerprint density at radius 1 is 1.14 bits per heavy atom. The van der Waals surface area contributed by atoms with Crippen LogP contribution < -0.4 is 0 Å². The molecule has 1 heterocycles. The van der Waals surface area contributed by atoms with Crippen molar-refractivity contribution in [2.45, 2.75) is 17.7 Å². The highest BCUT2D eigenvalue weighted by molar-refractivity contribution is 7.86. The van der Waals surface area contributed by atoms with Crippen LogP contribution in [0.3, 0.4) is 0 Å². The van der Waals surface area contributed by atoms with E-state index in [1.165, 1.54) is 6.08 Å². The van der Waals surface area contributed by atoms with Crippen LogP contribution in [-0.2, 0) is 16.7 Å². The van der Waals surface area contributed by atoms with Crippen molar-refractivity contribution in [1.29, 1.82) is 0 Å². The Bertz CT molecular complexity index is 796. The molecule has 3 rings (SSSR count). The largest absolute Gasteiger partial charge is 0.316 e. The van der Waals surface area contributed by atoms with Crippen LogP contribution in [0.4, 0.5) is 0 Å². The average Bonchev–Trinajstić information content (AvgIpc) is 3.00. The van der Waals surface area contributed by atoms with Gasteiger partial charge in [0.15, 0.2) is 0 Å². The Hall–Kier alpha value is -2.25. The number of aromatic nitrogens is 3. The maximum atomic E-state index is 11.6. The minimum atomic E-state index is -4.17. The van der Waals surface area contributed by atoms with E-state index in [-0.39, 0.29) is 0 Å². The van der Waals surface area contributed by atoms with Gasteiger partial charge in [-0.3, -0.25) is 4.55 Å². The monoisotopic (exact) mass is 317 g/mol. The third-order valence-corrected chi connectivity index (χ3v) is 4.75. The molecule has 1 aliphatic rings.